The van der Waals surface area contributed by atoms with Crippen molar-refractivity contribution in [2.45, 2.75) is 31.8 Å². The molecule has 0 aromatic carbocycles. The lowest BCUT2D eigenvalue weighted by Gasteiger charge is -2.28. The monoisotopic (exact) mass is 198 g/mol. The van der Waals surface area contributed by atoms with Crippen molar-refractivity contribution in [3.63, 3.8) is 0 Å². The van der Waals surface area contributed by atoms with E-state index in [1.807, 2.05) is 6.92 Å². The van der Waals surface area contributed by atoms with Crippen molar-refractivity contribution >= 4 is 5.97 Å². The molecule has 4 nitrogen and oxygen atoms in total. The van der Waals surface area contributed by atoms with Crippen LogP contribution in [0, 0.1) is 5.92 Å². The lowest BCUT2D eigenvalue weighted by molar-refractivity contribution is -0.143. The van der Waals surface area contributed by atoms with E-state index in [4.69, 9.17) is 5.11 Å². The minimum absolute atomic E-state index is 0.273. The first-order valence-electron chi connectivity index (χ1n) is 5.43. The molecule has 0 aromatic rings. The van der Waals surface area contributed by atoms with Crippen LogP contribution in [-0.2, 0) is 4.79 Å². The van der Waals surface area contributed by atoms with Crippen molar-refractivity contribution < 1.29 is 9.90 Å². The van der Waals surface area contributed by atoms with Gasteiger partial charge in [-0.05, 0) is 31.8 Å². The Balaban J connectivity index is 2.06. The predicted molar refractivity (Wildman–Crippen MR) is 53.2 cm³/mol. The number of fused-ring (bicyclic) bond motifs is 1. The second-order valence-corrected chi connectivity index (χ2v) is 4.27. The van der Waals surface area contributed by atoms with Crippen LogP contribution in [-0.4, -0.2) is 47.7 Å². The van der Waals surface area contributed by atoms with E-state index in [0.717, 1.165) is 26.1 Å². The van der Waals surface area contributed by atoms with E-state index in [1.165, 1.54) is 0 Å². The minimum atomic E-state index is -0.667. The van der Waals surface area contributed by atoms with Gasteiger partial charge in [-0.2, -0.15) is 0 Å². The fourth-order valence-corrected chi connectivity index (χ4v) is 2.82. The summed E-state index contributed by atoms with van der Waals surface area (Å²) in [7, 11) is 0. The summed E-state index contributed by atoms with van der Waals surface area (Å²) >= 11 is 0. The number of rotatable bonds is 3. The van der Waals surface area contributed by atoms with Gasteiger partial charge in [0, 0.05) is 12.6 Å². The number of carbonyl (C=O) groups is 1. The molecule has 14 heavy (non-hydrogen) atoms. The van der Waals surface area contributed by atoms with Gasteiger partial charge in [-0.25, -0.2) is 0 Å². The highest BCUT2D eigenvalue weighted by Crippen LogP contribution is 2.29. The van der Waals surface area contributed by atoms with Gasteiger partial charge in [0.2, 0.25) is 0 Å². The molecule has 2 rings (SSSR count). The van der Waals surface area contributed by atoms with Crippen LogP contribution in [0.3, 0.4) is 0 Å². The van der Waals surface area contributed by atoms with Gasteiger partial charge in [-0.15, -0.1) is 0 Å². The third-order valence-corrected chi connectivity index (χ3v) is 3.56. The number of nitrogens with one attached hydrogen (secondary N) is 1. The number of carboxylic acids is 1. The Kier molecular flexibility index (Phi) is 2.74. The Morgan fingerprint density at radius 3 is 3.07 bits per heavy atom. The summed E-state index contributed by atoms with van der Waals surface area (Å²) in [6.45, 7) is 4.95. The first-order valence-corrected chi connectivity index (χ1v) is 5.43. The molecule has 1 unspecified atom stereocenters. The maximum absolute atomic E-state index is 11.0. The van der Waals surface area contributed by atoms with Crippen LogP contribution < -0.4 is 5.32 Å². The molecule has 0 spiro atoms. The Morgan fingerprint density at radius 2 is 2.43 bits per heavy atom. The number of aliphatic carboxylic acids is 1. The van der Waals surface area contributed by atoms with Crippen LogP contribution in [0.25, 0.3) is 0 Å². The topological polar surface area (TPSA) is 52.6 Å². The molecule has 0 bridgehead atoms. The summed E-state index contributed by atoms with van der Waals surface area (Å²) in [5, 5.41) is 12.4. The highest BCUT2D eigenvalue weighted by Gasteiger charge is 2.41. The summed E-state index contributed by atoms with van der Waals surface area (Å²) in [5.74, 6) is 0.0171. The number of likely N-dealkylation sites (tertiary alicyclic amines) is 1. The van der Waals surface area contributed by atoms with Crippen molar-refractivity contribution in [1.29, 1.82) is 0 Å². The smallest absolute Gasteiger partial charge is 0.320 e. The fraction of sp³-hybridized carbons (Fsp3) is 0.900. The van der Waals surface area contributed by atoms with Gasteiger partial charge < -0.3 is 10.4 Å². The maximum atomic E-state index is 11.0. The van der Waals surface area contributed by atoms with Gasteiger partial charge >= 0.3 is 5.97 Å². The molecule has 4 heteroatoms. The van der Waals surface area contributed by atoms with E-state index < -0.39 is 5.97 Å². The second kappa shape index (κ2) is 3.87. The van der Waals surface area contributed by atoms with Gasteiger partial charge in [0.05, 0.1) is 0 Å². The van der Waals surface area contributed by atoms with Crippen LogP contribution in [0.5, 0.6) is 0 Å². The summed E-state index contributed by atoms with van der Waals surface area (Å²) in [5.41, 5.74) is 0. The van der Waals surface area contributed by atoms with E-state index in [0.29, 0.717) is 18.4 Å². The van der Waals surface area contributed by atoms with Crippen LogP contribution >= 0.6 is 0 Å². The third-order valence-electron chi connectivity index (χ3n) is 3.56. The van der Waals surface area contributed by atoms with Crippen molar-refractivity contribution in [3.8, 4) is 0 Å². The predicted octanol–water partition coefficient (Wildman–Crippen LogP) is 0.143. The molecule has 0 saturated carbocycles. The molecular formula is C10H18N2O2. The molecule has 0 radical (unpaired) electrons. The van der Waals surface area contributed by atoms with Crippen LogP contribution in [0.1, 0.15) is 19.8 Å². The molecule has 0 amide bonds. The van der Waals surface area contributed by atoms with Gasteiger partial charge in [0.25, 0.3) is 0 Å². The third kappa shape index (κ3) is 1.53. The number of hydrogen-bond acceptors (Lipinski definition) is 3. The first-order chi connectivity index (χ1) is 6.74. The summed E-state index contributed by atoms with van der Waals surface area (Å²) in [6, 6.07) is 0.195. The number of hydrogen-bond donors (Lipinski definition) is 2. The molecule has 2 heterocycles. The molecule has 0 aromatic heterocycles. The van der Waals surface area contributed by atoms with Crippen molar-refractivity contribution in [1.82, 2.24) is 10.2 Å². The SMILES string of the molecule is CCC(C(=O)O)N1CC[C@@H]2CNC[C@@H]21. The number of carboxylic acid groups (broad SMARTS) is 1. The lowest BCUT2D eigenvalue weighted by atomic mass is 10.0. The zero-order valence-electron chi connectivity index (χ0n) is 8.57. The molecule has 2 N–H and O–H groups in total. The molecule has 0 aliphatic carbocycles. The molecule has 2 fully saturated rings. The highest BCUT2D eigenvalue weighted by molar-refractivity contribution is 5.73. The van der Waals surface area contributed by atoms with Crippen LogP contribution in [0.2, 0.25) is 0 Å². The second-order valence-electron chi connectivity index (χ2n) is 4.27. The van der Waals surface area contributed by atoms with Crippen LogP contribution in [0.15, 0.2) is 0 Å². The normalized spacial score (nSPS) is 34.4. The van der Waals surface area contributed by atoms with E-state index in [2.05, 4.69) is 10.2 Å². The van der Waals surface area contributed by atoms with Gasteiger partial charge in [-0.1, -0.05) is 6.92 Å². The van der Waals surface area contributed by atoms with E-state index in [1.54, 1.807) is 0 Å². The highest BCUT2D eigenvalue weighted by atomic mass is 16.4. The number of nitrogens with zero attached hydrogens (tertiary/aromatic N) is 1. The molecule has 2 saturated heterocycles. The molecule has 2 aliphatic heterocycles. The average molecular weight is 198 g/mol. The molecule has 2 aliphatic rings. The quantitative estimate of drug-likeness (QED) is 0.677. The van der Waals surface area contributed by atoms with Gasteiger partial charge in [0.1, 0.15) is 6.04 Å². The first kappa shape index (κ1) is 9.93. The van der Waals surface area contributed by atoms with Crippen molar-refractivity contribution in [3.05, 3.63) is 0 Å². The summed E-state index contributed by atoms with van der Waals surface area (Å²) in [6.07, 6.45) is 1.86. The Hall–Kier alpha value is -0.610. The van der Waals surface area contributed by atoms with Crippen molar-refractivity contribution in [2.24, 2.45) is 5.92 Å². The standard InChI is InChI=1S/C10H18N2O2/c1-2-8(10(13)14)12-4-3-7-5-11-6-9(7)12/h7-9,11H,2-6H2,1H3,(H,13,14)/t7-,8?,9+/m1/s1. The fourth-order valence-electron chi connectivity index (χ4n) is 2.82. The summed E-state index contributed by atoms with van der Waals surface area (Å²) in [4.78, 5) is 13.2. The summed E-state index contributed by atoms with van der Waals surface area (Å²) < 4.78 is 0. The van der Waals surface area contributed by atoms with E-state index >= 15 is 0 Å². The van der Waals surface area contributed by atoms with E-state index in [9.17, 15) is 4.79 Å². The minimum Gasteiger partial charge on any atom is -0.480 e. The Morgan fingerprint density at radius 1 is 1.64 bits per heavy atom. The maximum Gasteiger partial charge on any atom is 0.320 e. The molecular weight excluding hydrogens is 180 g/mol. The molecule has 3 atom stereocenters. The zero-order chi connectivity index (χ0) is 10.1. The van der Waals surface area contributed by atoms with E-state index in [-0.39, 0.29) is 6.04 Å². The van der Waals surface area contributed by atoms with Crippen molar-refractivity contribution in [2.75, 3.05) is 19.6 Å². The Labute approximate surface area is 84.3 Å². The lowest BCUT2D eigenvalue weighted by Crippen LogP contribution is -2.45. The molecule has 80 valence electrons. The van der Waals surface area contributed by atoms with Gasteiger partial charge in [-0.3, -0.25) is 9.69 Å². The largest absolute Gasteiger partial charge is 0.480 e. The average Bonchev–Trinajstić information content (AvgIpc) is 2.69. The zero-order valence-corrected chi connectivity index (χ0v) is 8.57. The van der Waals surface area contributed by atoms with Crippen LogP contribution in [0.4, 0.5) is 0 Å². The van der Waals surface area contributed by atoms with Gasteiger partial charge in [0.15, 0.2) is 0 Å². The Bertz CT molecular complexity index is 232.